The first-order chi connectivity index (χ1) is 6.95. The highest BCUT2D eigenvalue weighted by Gasteiger charge is 2.12. The summed E-state index contributed by atoms with van der Waals surface area (Å²) in [5.41, 5.74) is 0. The summed E-state index contributed by atoms with van der Waals surface area (Å²) < 4.78 is 0. The summed E-state index contributed by atoms with van der Waals surface area (Å²) in [5, 5.41) is 19.9. The second kappa shape index (κ2) is 7.23. The van der Waals surface area contributed by atoms with Crippen molar-refractivity contribution in [1.29, 1.82) is 0 Å². The fourth-order valence-corrected chi connectivity index (χ4v) is 1.11. The predicted molar refractivity (Wildman–Crippen MR) is 55.3 cm³/mol. The molecule has 3 N–H and O–H groups in total. The summed E-state index contributed by atoms with van der Waals surface area (Å²) in [6, 6.07) is 0. The lowest BCUT2D eigenvalue weighted by atomic mass is 10.0. The molecule has 0 aliphatic heterocycles. The van der Waals surface area contributed by atoms with E-state index in [9.17, 15) is 9.59 Å². The highest BCUT2D eigenvalue weighted by molar-refractivity contribution is 5.77. The van der Waals surface area contributed by atoms with Gasteiger partial charge in [0.1, 0.15) is 0 Å². The van der Waals surface area contributed by atoms with E-state index in [0.29, 0.717) is 6.54 Å². The van der Waals surface area contributed by atoms with Gasteiger partial charge in [0.05, 0.1) is 0 Å². The molecular formula is C10H19NO4. The van der Waals surface area contributed by atoms with E-state index in [1.807, 2.05) is 6.92 Å². The van der Waals surface area contributed by atoms with Crippen LogP contribution in [0.25, 0.3) is 0 Å². The first-order valence-electron chi connectivity index (χ1n) is 5.05. The van der Waals surface area contributed by atoms with Crippen LogP contribution in [0.1, 0.15) is 26.7 Å². The Balaban J connectivity index is 3.69. The highest BCUT2D eigenvalue weighted by Crippen LogP contribution is 2.06. The van der Waals surface area contributed by atoms with Crippen molar-refractivity contribution in [2.45, 2.75) is 26.7 Å². The minimum absolute atomic E-state index is 0.00295. The normalized spacial score (nSPS) is 14.3. The third-order valence-electron chi connectivity index (χ3n) is 2.02. The van der Waals surface area contributed by atoms with Crippen LogP contribution in [0.5, 0.6) is 0 Å². The second-order valence-corrected chi connectivity index (χ2v) is 4.00. The smallest absolute Gasteiger partial charge is 0.303 e. The molecule has 5 heteroatoms. The summed E-state index contributed by atoms with van der Waals surface area (Å²) in [5.74, 6) is -1.18. The Hall–Kier alpha value is -1.10. The topological polar surface area (TPSA) is 86.6 Å². The van der Waals surface area contributed by atoms with Crippen LogP contribution in [0, 0.1) is 11.8 Å². The average Bonchev–Trinajstić information content (AvgIpc) is 2.12. The third-order valence-corrected chi connectivity index (χ3v) is 2.02. The zero-order valence-electron chi connectivity index (χ0n) is 9.19. The average molecular weight is 217 g/mol. The van der Waals surface area contributed by atoms with Crippen molar-refractivity contribution in [2.75, 3.05) is 13.2 Å². The number of aliphatic hydroxyl groups is 1. The quantitative estimate of drug-likeness (QED) is 0.570. The molecule has 0 aromatic carbocycles. The van der Waals surface area contributed by atoms with Crippen LogP contribution in [0.15, 0.2) is 0 Å². The number of rotatable bonds is 7. The second-order valence-electron chi connectivity index (χ2n) is 4.00. The van der Waals surface area contributed by atoms with Crippen LogP contribution in [0.4, 0.5) is 0 Å². The lowest BCUT2D eigenvalue weighted by Crippen LogP contribution is -2.30. The van der Waals surface area contributed by atoms with Gasteiger partial charge in [-0.3, -0.25) is 9.59 Å². The molecule has 0 aromatic rings. The predicted octanol–water partition coefficient (Wildman–Crippen LogP) is 0.232. The Kier molecular flexibility index (Phi) is 6.70. The van der Waals surface area contributed by atoms with E-state index < -0.39 is 5.97 Å². The van der Waals surface area contributed by atoms with Crippen molar-refractivity contribution in [3.8, 4) is 0 Å². The lowest BCUT2D eigenvalue weighted by molar-refractivity contribution is -0.138. The van der Waals surface area contributed by atoms with Crippen LogP contribution in [0.2, 0.25) is 0 Å². The summed E-state index contributed by atoms with van der Waals surface area (Å²) in [7, 11) is 0. The molecule has 0 bridgehead atoms. The molecule has 2 unspecified atom stereocenters. The molecule has 0 radical (unpaired) electrons. The van der Waals surface area contributed by atoms with Gasteiger partial charge in [-0.05, 0) is 11.8 Å². The first-order valence-corrected chi connectivity index (χ1v) is 5.05. The third kappa shape index (κ3) is 7.93. The Morgan fingerprint density at radius 2 is 1.80 bits per heavy atom. The number of carboxylic acids is 1. The van der Waals surface area contributed by atoms with Gasteiger partial charge >= 0.3 is 5.97 Å². The Labute approximate surface area is 89.5 Å². The molecule has 15 heavy (non-hydrogen) atoms. The molecule has 0 aliphatic rings. The number of hydrogen-bond donors (Lipinski definition) is 3. The van der Waals surface area contributed by atoms with Crippen LogP contribution < -0.4 is 5.32 Å². The summed E-state index contributed by atoms with van der Waals surface area (Å²) in [6.45, 7) is 4.00. The molecule has 0 rings (SSSR count). The van der Waals surface area contributed by atoms with Gasteiger partial charge in [-0.25, -0.2) is 0 Å². The zero-order valence-corrected chi connectivity index (χ0v) is 9.19. The minimum Gasteiger partial charge on any atom is -0.481 e. The molecule has 0 aromatic heterocycles. The molecule has 0 heterocycles. The van der Waals surface area contributed by atoms with Gasteiger partial charge in [0.15, 0.2) is 0 Å². The van der Waals surface area contributed by atoms with Crippen molar-refractivity contribution >= 4 is 11.9 Å². The van der Waals surface area contributed by atoms with Gasteiger partial charge in [0.25, 0.3) is 0 Å². The molecule has 0 saturated heterocycles. The van der Waals surface area contributed by atoms with Crippen LogP contribution in [0.3, 0.4) is 0 Å². The number of carbonyl (C=O) groups excluding carboxylic acids is 1. The number of nitrogens with one attached hydrogen (secondary N) is 1. The molecule has 0 spiro atoms. The van der Waals surface area contributed by atoms with E-state index in [2.05, 4.69) is 5.32 Å². The standard InChI is InChI=1S/C10H19NO4/c1-7(4-10(14)15)3-9(13)11-5-8(2)6-12/h7-8,12H,3-6H2,1-2H3,(H,11,13)(H,14,15). The molecule has 88 valence electrons. The fraction of sp³-hybridized carbons (Fsp3) is 0.800. The number of carboxylic acid groups (broad SMARTS) is 1. The van der Waals surface area contributed by atoms with Gasteiger partial charge < -0.3 is 15.5 Å². The molecule has 0 fully saturated rings. The van der Waals surface area contributed by atoms with Gasteiger partial charge in [0, 0.05) is 26.0 Å². The Bertz CT molecular complexity index is 217. The lowest BCUT2D eigenvalue weighted by Gasteiger charge is -2.11. The molecular weight excluding hydrogens is 198 g/mol. The van der Waals surface area contributed by atoms with E-state index in [1.54, 1.807) is 6.92 Å². The number of carbonyl (C=O) groups is 2. The Morgan fingerprint density at radius 1 is 1.20 bits per heavy atom. The van der Waals surface area contributed by atoms with Crippen molar-refractivity contribution in [3.63, 3.8) is 0 Å². The molecule has 5 nitrogen and oxygen atoms in total. The highest BCUT2D eigenvalue weighted by atomic mass is 16.4. The maximum atomic E-state index is 11.3. The fourth-order valence-electron chi connectivity index (χ4n) is 1.11. The summed E-state index contributed by atoms with van der Waals surface area (Å²) >= 11 is 0. The monoisotopic (exact) mass is 217 g/mol. The molecule has 1 amide bonds. The zero-order chi connectivity index (χ0) is 11.8. The number of aliphatic hydroxyl groups excluding tert-OH is 1. The van der Waals surface area contributed by atoms with Crippen molar-refractivity contribution in [3.05, 3.63) is 0 Å². The Morgan fingerprint density at radius 3 is 2.27 bits per heavy atom. The van der Waals surface area contributed by atoms with E-state index in [4.69, 9.17) is 10.2 Å². The van der Waals surface area contributed by atoms with E-state index in [0.717, 1.165) is 0 Å². The van der Waals surface area contributed by atoms with Crippen molar-refractivity contribution in [1.82, 2.24) is 5.32 Å². The van der Waals surface area contributed by atoms with E-state index in [1.165, 1.54) is 0 Å². The molecule has 2 atom stereocenters. The number of aliphatic carboxylic acids is 1. The van der Waals surface area contributed by atoms with Gasteiger partial charge in [-0.2, -0.15) is 0 Å². The first kappa shape index (κ1) is 13.9. The van der Waals surface area contributed by atoms with E-state index in [-0.39, 0.29) is 37.2 Å². The van der Waals surface area contributed by atoms with Gasteiger partial charge in [-0.1, -0.05) is 13.8 Å². The summed E-state index contributed by atoms with van der Waals surface area (Å²) in [4.78, 5) is 21.6. The van der Waals surface area contributed by atoms with Crippen molar-refractivity contribution < 1.29 is 19.8 Å². The molecule has 0 aliphatic carbocycles. The summed E-state index contributed by atoms with van der Waals surface area (Å²) in [6.07, 6.45) is 0.216. The maximum Gasteiger partial charge on any atom is 0.303 e. The van der Waals surface area contributed by atoms with Gasteiger partial charge in [0.2, 0.25) is 5.91 Å². The van der Waals surface area contributed by atoms with Crippen LogP contribution in [-0.4, -0.2) is 35.2 Å². The largest absolute Gasteiger partial charge is 0.481 e. The maximum absolute atomic E-state index is 11.3. The molecule has 0 saturated carbocycles. The number of amides is 1. The van der Waals surface area contributed by atoms with E-state index >= 15 is 0 Å². The van der Waals surface area contributed by atoms with Crippen LogP contribution >= 0.6 is 0 Å². The van der Waals surface area contributed by atoms with Crippen LogP contribution in [-0.2, 0) is 9.59 Å². The number of hydrogen-bond acceptors (Lipinski definition) is 3. The van der Waals surface area contributed by atoms with Gasteiger partial charge in [-0.15, -0.1) is 0 Å². The van der Waals surface area contributed by atoms with Crippen molar-refractivity contribution in [2.24, 2.45) is 11.8 Å². The SMILES string of the molecule is CC(CO)CNC(=O)CC(C)CC(=O)O. The minimum atomic E-state index is -0.890.